The van der Waals surface area contributed by atoms with Crippen molar-refractivity contribution >= 4 is 6.03 Å². The van der Waals surface area contributed by atoms with E-state index >= 15 is 0 Å². The average Bonchev–Trinajstić information content (AvgIpc) is 2.86. The summed E-state index contributed by atoms with van der Waals surface area (Å²) in [5.74, 6) is 0. The lowest BCUT2D eigenvalue weighted by molar-refractivity contribution is 0.188. The van der Waals surface area contributed by atoms with Gasteiger partial charge in [0.1, 0.15) is 0 Å². The van der Waals surface area contributed by atoms with E-state index in [1.54, 1.807) is 0 Å². The molecule has 0 radical (unpaired) electrons. The van der Waals surface area contributed by atoms with Crippen LogP contribution in [0, 0.1) is 5.41 Å². The van der Waals surface area contributed by atoms with Crippen LogP contribution in [0.5, 0.6) is 0 Å². The quantitative estimate of drug-likeness (QED) is 0.737. The van der Waals surface area contributed by atoms with Crippen LogP contribution in [0.3, 0.4) is 0 Å². The SMILES string of the molecule is CCC1(CNC(=O)NC2CCOC2)CC1. The molecule has 15 heavy (non-hydrogen) atoms. The van der Waals surface area contributed by atoms with Crippen LogP contribution in [0.2, 0.25) is 0 Å². The molecule has 2 fully saturated rings. The van der Waals surface area contributed by atoms with E-state index in [1.807, 2.05) is 0 Å². The zero-order valence-electron chi connectivity index (χ0n) is 9.34. The minimum atomic E-state index is -0.0368. The Bertz CT molecular complexity index is 233. The summed E-state index contributed by atoms with van der Waals surface area (Å²) in [4.78, 5) is 11.5. The Balaban J connectivity index is 1.64. The van der Waals surface area contributed by atoms with Crippen molar-refractivity contribution in [2.45, 2.75) is 38.6 Å². The zero-order valence-corrected chi connectivity index (χ0v) is 9.34. The van der Waals surface area contributed by atoms with Crippen molar-refractivity contribution in [3.63, 3.8) is 0 Å². The number of amides is 2. The van der Waals surface area contributed by atoms with Crippen LogP contribution in [0.15, 0.2) is 0 Å². The maximum atomic E-state index is 11.5. The average molecular weight is 212 g/mol. The summed E-state index contributed by atoms with van der Waals surface area (Å²) >= 11 is 0. The van der Waals surface area contributed by atoms with E-state index in [-0.39, 0.29) is 12.1 Å². The van der Waals surface area contributed by atoms with Gasteiger partial charge >= 0.3 is 6.03 Å². The Morgan fingerprint density at radius 3 is 2.87 bits per heavy atom. The standard InChI is InChI=1S/C11H20N2O2/c1-2-11(4-5-11)8-12-10(14)13-9-3-6-15-7-9/h9H,2-8H2,1H3,(H2,12,13,14). The topological polar surface area (TPSA) is 50.4 Å². The van der Waals surface area contributed by atoms with E-state index in [9.17, 15) is 4.79 Å². The van der Waals surface area contributed by atoms with E-state index < -0.39 is 0 Å². The molecule has 1 unspecified atom stereocenters. The van der Waals surface area contributed by atoms with Crippen LogP contribution in [0.25, 0.3) is 0 Å². The van der Waals surface area contributed by atoms with Gasteiger partial charge in [-0.15, -0.1) is 0 Å². The van der Waals surface area contributed by atoms with Crippen LogP contribution in [-0.4, -0.2) is 31.8 Å². The number of carbonyl (C=O) groups excluding carboxylic acids is 1. The molecular formula is C11H20N2O2. The van der Waals surface area contributed by atoms with Gasteiger partial charge in [0.15, 0.2) is 0 Å². The molecule has 2 N–H and O–H groups in total. The van der Waals surface area contributed by atoms with E-state index in [0.29, 0.717) is 12.0 Å². The third-order valence-electron chi connectivity index (χ3n) is 3.60. The van der Waals surface area contributed by atoms with Gasteiger partial charge in [-0.1, -0.05) is 6.92 Å². The third kappa shape index (κ3) is 2.84. The number of hydrogen-bond donors (Lipinski definition) is 2. The molecule has 0 aromatic carbocycles. The Kier molecular flexibility index (Phi) is 3.14. The molecule has 0 aromatic heterocycles. The monoisotopic (exact) mass is 212 g/mol. The molecule has 0 spiro atoms. The zero-order chi connectivity index (χ0) is 10.7. The normalized spacial score (nSPS) is 27.4. The van der Waals surface area contributed by atoms with Gasteiger partial charge in [-0.25, -0.2) is 4.79 Å². The fourth-order valence-corrected chi connectivity index (χ4v) is 1.98. The van der Waals surface area contributed by atoms with Crippen molar-refractivity contribution in [1.82, 2.24) is 10.6 Å². The Labute approximate surface area is 90.8 Å². The van der Waals surface area contributed by atoms with Gasteiger partial charge in [0.05, 0.1) is 12.6 Å². The summed E-state index contributed by atoms with van der Waals surface area (Å²) in [6, 6.07) is 0.173. The predicted octanol–water partition coefficient (Wildman–Crippen LogP) is 1.26. The second-order valence-corrected chi connectivity index (χ2v) is 4.74. The van der Waals surface area contributed by atoms with Crippen molar-refractivity contribution < 1.29 is 9.53 Å². The van der Waals surface area contributed by atoms with Gasteiger partial charge in [0, 0.05) is 13.2 Å². The Morgan fingerprint density at radius 1 is 1.53 bits per heavy atom. The molecule has 1 saturated carbocycles. The smallest absolute Gasteiger partial charge is 0.315 e. The molecule has 1 heterocycles. The number of hydrogen-bond acceptors (Lipinski definition) is 2. The van der Waals surface area contributed by atoms with Gasteiger partial charge < -0.3 is 15.4 Å². The first-order valence-corrected chi connectivity index (χ1v) is 5.86. The second kappa shape index (κ2) is 4.39. The van der Waals surface area contributed by atoms with Gasteiger partial charge in [0.2, 0.25) is 0 Å². The summed E-state index contributed by atoms with van der Waals surface area (Å²) in [6.07, 6.45) is 4.62. The van der Waals surface area contributed by atoms with Crippen LogP contribution in [0.1, 0.15) is 32.6 Å². The highest BCUT2D eigenvalue weighted by atomic mass is 16.5. The van der Waals surface area contributed by atoms with E-state index in [2.05, 4.69) is 17.6 Å². The van der Waals surface area contributed by atoms with Gasteiger partial charge in [-0.05, 0) is 31.1 Å². The van der Waals surface area contributed by atoms with E-state index in [4.69, 9.17) is 4.74 Å². The summed E-state index contributed by atoms with van der Waals surface area (Å²) in [6.45, 7) is 4.44. The van der Waals surface area contributed by atoms with Crippen molar-refractivity contribution in [2.75, 3.05) is 19.8 Å². The molecule has 1 aliphatic heterocycles. The van der Waals surface area contributed by atoms with Crippen LogP contribution < -0.4 is 10.6 Å². The molecule has 86 valence electrons. The minimum Gasteiger partial charge on any atom is -0.379 e. The molecule has 1 aliphatic carbocycles. The molecule has 4 heteroatoms. The van der Waals surface area contributed by atoms with Crippen molar-refractivity contribution in [3.8, 4) is 0 Å². The van der Waals surface area contributed by atoms with Crippen molar-refractivity contribution in [3.05, 3.63) is 0 Å². The molecule has 4 nitrogen and oxygen atoms in total. The summed E-state index contributed by atoms with van der Waals surface area (Å²) in [7, 11) is 0. The number of nitrogens with one attached hydrogen (secondary N) is 2. The molecule has 1 atom stereocenters. The summed E-state index contributed by atoms with van der Waals surface area (Å²) in [5.41, 5.74) is 0.420. The van der Waals surface area contributed by atoms with Crippen LogP contribution in [-0.2, 0) is 4.74 Å². The molecule has 0 bridgehead atoms. The lowest BCUT2D eigenvalue weighted by Crippen LogP contribution is -2.44. The molecule has 0 aromatic rings. The molecule has 2 amide bonds. The highest BCUT2D eigenvalue weighted by molar-refractivity contribution is 5.74. The molecule has 2 rings (SSSR count). The number of urea groups is 1. The van der Waals surface area contributed by atoms with Crippen LogP contribution >= 0.6 is 0 Å². The molecule has 1 saturated heterocycles. The van der Waals surface area contributed by atoms with Gasteiger partial charge in [0.25, 0.3) is 0 Å². The lowest BCUT2D eigenvalue weighted by Gasteiger charge is -2.16. The van der Waals surface area contributed by atoms with Gasteiger partial charge in [-0.2, -0.15) is 0 Å². The summed E-state index contributed by atoms with van der Waals surface area (Å²) < 4.78 is 5.19. The fourth-order valence-electron chi connectivity index (χ4n) is 1.98. The number of ether oxygens (including phenoxy) is 1. The lowest BCUT2D eigenvalue weighted by atomic mass is 10.0. The minimum absolute atomic E-state index is 0.0368. The first-order valence-electron chi connectivity index (χ1n) is 5.86. The number of carbonyl (C=O) groups is 1. The van der Waals surface area contributed by atoms with Crippen molar-refractivity contribution in [1.29, 1.82) is 0 Å². The fraction of sp³-hybridized carbons (Fsp3) is 0.909. The maximum absolute atomic E-state index is 11.5. The number of rotatable bonds is 4. The Morgan fingerprint density at radius 2 is 2.33 bits per heavy atom. The first kappa shape index (κ1) is 10.7. The van der Waals surface area contributed by atoms with E-state index in [0.717, 1.165) is 19.6 Å². The maximum Gasteiger partial charge on any atom is 0.315 e. The molecular weight excluding hydrogens is 192 g/mol. The largest absolute Gasteiger partial charge is 0.379 e. The molecule has 2 aliphatic rings. The summed E-state index contributed by atoms with van der Waals surface area (Å²) in [5, 5.41) is 5.89. The van der Waals surface area contributed by atoms with Crippen molar-refractivity contribution in [2.24, 2.45) is 5.41 Å². The second-order valence-electron chi connectivity index (χ2n) is 4.74. The van der Waals surface area contributed by atoms with Crippen LogP contribution in [0.4, 0.5) is 4.79 Å². The Hall–Kier alpha value is -0.770. The predicted molar refractivity (Wildman–Crippen MR) is 57.7 cm³/mol. The third-order valence-corrected chi connectivity index (χ3v) is 3.60. The highest BCUT2D eigenvalue weighted by Gasteiger charge is 2.40. The van der Waals surface area contributed by atoms with Gasteiger partial charge in [-0.3, -0.25) is 0 Å². The highest BCUT2D eigenvalue weighted by Crippen LogP contribution is 2.47. The van der Waals surface area contributed by atoms with E-state index in [1.165, 1.54) is 19.3 Å². The first-order chi connectivity index (χ1) is 7.24.